The number of hydrogen-bond acceptors (Lipinski definition) is 3. The smallest absolute Gasteiger partial charge is 0.342 e. The van der Waals surface area contributed by atoms with Crippen molar-refractivity contribution in [2.75, 3.05) is 13.1 Å². The molecule has 1 amide bonds. The highest BCUT2D eigenvalue weighted by molar-refractivity contribution is 5.79. The van der Waals surface area contributed by atoms with Crippen molar-refractivity contribution < 1.29 is 4.79 Å². The van der Waals surface area contributed by atoms with Gasteiger partial charge in [0.15, 0.2) is 0 Å². The van der Waals surface area contributed by atoms with Gasteiger partial charge in [0.25, 0.3) is 0 Å². The third-order valence-corrected chi connectivity index (χ3v) is 6.57. The molecule has 29 heavy (non-hydrogen) atoms. The van der Waals surface area contributed by atoms with E-state index >= 15 is 0 Å². The molecular weight excluding hydrogens is 364 g/mol. The Morgan fingerprint density at radius 1 is 1.03 bits per heavy atom. The third kappa shape index (κ3) is 4.31. The van der Waals surface area contributed by atoms with E-state index in [1.807, 2.05) is 41.8 Å². The van der Waals surface area contributed by atoms with Crippen molar-refractivity contribution in [3.05, 3.63) is 52.2 Å². The van der Waals surface area contributed by atoms with E-state index in [1.54, 1.807) is 4.68 Å². The van der Waals surface area contributed by atoms with Crippen LogP contribution in [0.2, 0.25) is 0 Å². The molecule has 4 rings (SSSR count). The van der Waals surface area contributed by atoms with Crippen LogP contribution in [0.4, 0.5) is 0 Å². The topological polar surface area (TPSA) is 60.1 Å². The van der Waals surface area contributed by atoms with Gasteiger partial charge >= 0.3 is 5.69 Å². The van der Waals surface area contributed by atoms with Crippen LogP contribution in [0, 0.1) is 5.92 Å². The lowest BCUT2D eigenvalue weighted by Crippen LogP contribution is -2.42. The number of amides is 1. The number of rotatable bonds is 5. The first kappa shape index (κ1) is 19.9. The van der Waals surface area contributed by atoms with Crippen LogP contribution in [-0.4, -0.2) is 38.2 Å². The van der Waals surface area contributed by atoms with E-state index in [0.29, 0.717) is 19.0 Å². The Morgan fingerprint density at radius 3 is 2.38 bits per heavy atom. The van der Waals surface area contributed by atoms with Crippen molar-refractivity contribution in [3.63, 3.8) is 0 Å². The lowest BCUT2D eigenvalue weighted by Gasteiger charge is -2.34. The van der Waals surface area contributed by atoms with Crippen molar-refractivity contribution in [3.8, 4) is 0 Å². The summed E-state index contributed by atoms with van der Waals surface area (Å²) in [6.07, 6.45) is 7.53. The second-order valence-corrected chi connectivity index (χ2v) is 8.46. The highest BCUT2D eigenvalue weighted by Gasteiger charge is 2.31. The molecular formula is C23H32N4O2. The van der Waals surface area contributed by atoms with E-state index in [0.717, 1.165) is 50.2 Å². The second kappa shape index (κ2) is 8.97. The lowest BCUT2D eigenvalue weighted by molar-refractivity contribution is -0.137. The largest absolute Gasteiger partial charge is 0.346 e. The maximum absolute atomic E-state index is 12.8. The summed E-state index contributed by atoms with van der Waals surface area (Å²) in [6, 6.07) is 9.98. The van der Waals surface area contributed by atoms with E-state index in [-0.39, 0.29) is 17.5 Å². The molecule has 0 spiro atoms. The molecule has 0 N–H and O–H groups in total. The lowest BCUT2D eigenvalue weighted by atomic mass is 9.87. The van der Waals surface area contributed by atoms with E-state index < -0.39 is 0 Å². The monoisotopic (exact) mass is 396 g/mol. The SMILES string of the molecule is CCn1c(C2CCN(C(=O)C3CCCCC3)CC2)nn(Cc2ccccc2)c1=O. The molecule has 0 atom stereocenters. The third-order valence-electron chi connectivity index (χ3n) is 6.57. The Kier molecular flexibility index (Phi) is 6.16. The predicted octanol–water partition coefficient (Wildman–Crippen LogP) is 3.40. The minimum atomic E-state index is -0.0351. The molecule has 2 aromatic rings. The zero-order chi connectivity index (χ0) is 20.2. The van der Waals surface area contributed by atoms with Crippen molar-refractivity contribution >= 4 is 5.91 Å². The maximum Gasteiger partial charge on any atom is 0.346 e. The molecule has 0 unspecified atom stereocenters. The molecule has 2 heterocycles. The molecule has 1 aromatic heterocycles. The van der Waals surface area contributed by atoms with E-state index in [4.69, 9.17) is 5.10 Å². The fraction of sp³-hybridized carbons (Fsp3) is 0.609. The summed E-state index contributed by atoms with van der Waals surface area (Å²) in [6.45, 7) is 4.69. The summed E-state index contributed by atoms with van der Waals surface area (Å²) < 4.78 is 3.40. The zero-order valence-electron chi connectivity index (χ0n) is 17.4. The number of likely N-dealkylation sites (tertiary alicyclic amines) is 1. The number of piperidine rings is 1. The van der Waals surface area contributed by atoms with E-state index in [1.165, 1.54) is 19.3 Å². The van der Waals surface area contributed by atoms with Gasteiger partial charge in [-0.05, 0) is 38.2 Å². The summed E-state index contributed by atoms with van der Waals surface area (Å²) in [5.74, 6) is 1.72. The molecule has 2 fully saturated rings. The van der Waals surface area contributed by atoms with Crippen LogP contribution in [0.1, 0.15) is 69.2 Å². The summed E-state index contributed by atoms with van der Waals surface area (Å²) >= 11 is 0. The first-order valence-corrected chi connectivity index (χ1v) is 11.2. The fourth-order valence-electron chi connectivity index (χ4n) is 4.88. The number of hydrogen-bond donors (Lipinski definition) is 0. The Hall–Kier alpha value is -2.37. The van der Waals surface area contributed by atoms with Crippen molar-refractivity contribution in [1.82, 2.24) is 19.2 Å². The van der Waals surface area contributed by atoms with Gasteiger partial charge in [-0.1, -0.05) is 49.6 Å². The first-order chi connectivity index (χ1) is 14.2. The van der Waals surface area contributed by atoms with Gasteiger partial charge in [-0.2, -0.15) is 5.10 Å². The van der Waals surface area contributed by atoms with Crippen molar-refractivity contribution in [2.24, 2.45) is 5.92 Å². The number of carbonyl (C=O) groups is 1. The molecule has 6 heteroatoms. The van der Waals surface area contributed by atoms with Crippen molar-refractivity contribution in [2.45, 2.75) is 70.9 Å². The van der Waals surface area contributed by atoms with Crippen LogP contribution < -0.4 is 5.69 Å². The zero-order valence-corrected chi connectivity index (χ0v) is 17.4. The summed E-state index contributed by atoms with van der Waals surface area (Å²) in [5, 5.41) is 4.72. The highest BCUT2D eigenvalue weighted by atomic mass is 16.2. The van der Waals surface area contributed by atoms with Crippen LogP contribution in [0.3, 0.4) is 0 Å². The standard InChI is InChI=1S/C23H32N4O2/c1-2-26-21(24-27(23(26)29)17-18-9-5-3-6-10-18)19-13-15-25(16-14-19)22(28)20-11-7-4-8-12-20/h3,5-6,9-10,19-20H,2,4,7-8,11-17H2,1H3. The van der Waals surface area contributed by atoms with Gasteiger partial charge in [-0.3, -0.25) is 9.36 Å². The minimum Gasteiger partial charge on any atom is -0.342 e. The van der Waals surface area contributed by atoms with Crippen LogP contribution in [-0.2, 0) is 17.9 Å². The van der Waals surface area contributed by atoms with Crippen LogP contribution in [0.5, 0.6) is 0 Å². The number of benzene rings is 1. The predicted molar refractivity (Wildman–Crippen MR) is 113 cm³/mol. The summed E-state index contributed by atoms with van der Waals surface area (Å²) in [7, 11) is 0. The average Bonchev–Trinajstić information content (AvgIpc) is 3.10. The van der Waals surface area contributed by atoms with Gasteiger partial charge in [0.05, 0.1) is 6.54 Å². The van der Waals surface area contributed by atoms with E-state index in [9.17, 15) is 9.59 Å². The number of carbonyl (C=O) groups excluding carboxylic acids is 1. The minimum absolute atomic E-state index is 0.0351. The fourth-order valence-corrected chi connectivity index (χ4v) is 4.88. The number of nitrogens with zero attached hydrogens (tertiary/aromatic N) is 4. The van der Waals surface area contributed by atoms with Crippen LogP contribution in [0.25, 0.3) is 0 Å². The normalized spacial score (nSPS) is 18.9. The van der Waals surface area contributed by atoms with Gasteiger partial charge in [-0.15, -0.1) is 0 Å². The molecule has 1 aliphatic carbocycles. The molecule has 0 bridgehead atoms. The number of aromatic nitrogens is 3. The average molecular weight is 397 g/mol. The molecule has 156 valence electrons. The molecule has 1 saturated carbocycles. The molecule has 1 aromatic carbocycles. The molecule has 6 nitrogen and oxygen atoms in total. The molecule has 1 saturated heterocycles. The Labute approximate surface area is 172 Å². The van der Waals surface area contributed by atoms with Crippen LogP contribution in [0.15, 0.2) is 35.1 Å². The van der Waals surface area contributed by atoms with Crippen LogP contribution >= 0.6 is 0 Å². The Balaban J connectivity index is 1.44. The van der Waals surface area contributed by atoms with Gasteiger partial charge < -0.3 is 4.90 Å². The van der Waals surface area contributed by atoms with Gasteiger partial charge in [0.2, 0.25) is 5.91 Å². The summed E-state index contributed by atoms with van der Waals surface area (Å²) in [4.78, 5) is 27.7. The highest BCUT2D eigenvalue weighted by Crippen LogP contribution is 2.30. The summed E-state index contributed by atoms with van der Waals surface area (Å²) in [5.41, 5.74) is 1.04. The second-order valence-electron chi connectivity index (χ2n) is 8.46. The Morgan fingerprint density at radius 2 is 1.72 bits per heavy atom. The maximum atomic E-state index is 12.8. The molecule has 2 aliphatic rings. The first-order valence-electron chi connectivity index (χ1n) is 11.2. The molecule has 0 radical (unpaired) electrons. The quantitative estimate of drug-likeness (QED) is 0.778. The van der Waals surface area contributed by atoms with Crippen molar-refractivity contribution in [1.29, 1.82) is 0 Å². The van der Waals surface area contributed by atoms with Gasteiger partial charge in [-0.25, -0.2) is 9.48 Å². The van der Waals surface area contributed by atoms with Gasteiger partial charge in [0, 0.05) is 31.5 Å². The Bertz CT molecular complexity index is 872. The van der Waals surface area contributed by atoms with E-state index in [2.05, 4.69) is 4.90 Å². The molecule has 1 aliphatic heterocycles. The van der Waals surface area contributed by atoms with Gasteiger partial charge in [0.1, 0.15) is 5.82 Å².